The maximum absolute atomic E-state index is 13.0. The van der Waals surface area contributed by atoms with Gasteiger partial charge in [-0.05, 0) is 25.5 Å². The maximum Gasteiger partial charge on any atom is 0.255 e. The minimum Gasteiger partial charge on any atom is -0.491 e. The Morgan fingerprint density at radius 2 is 2.00 bits per heavy atom. The number of carbonyl (C=O) groups excluding carboxylic acids is 4. The van der Waals surface area contributed by atoms with Crippen LogP contribution in [0.3, 0.4) is 0 Å². The van der Waals surface area contributed by atoms with Gasteiger partial charge in [0.2, 0.25) is 17.7 Å². The van der Waals surface area contributed by atoms with E-state index in [0.29, 0.717) is 17.9 Å². The van der Waals surface area contributed by atoms with Crippen LogP contribution < -0.4 is 20.7 Å². The minimum absolute atomic E-state index is 0.0499. The van der Waals surface area contributed by atoms with Crippen molar-refractivity contribution in [1.82, 2.24) is 30.8 Å². The molecule has 3 N–H and O–H groups in total. The number of para-hydroxylation sites is 1. The highest BCUT2D eigenvalue weighted by Crippen LogP contribution is 2.18. The number of nitrogens with one attached hydrogen (secondary N) is 3. The van der Waals surface area contributed by atoms with Gasteiger partial charge in [-0.25, -0.2) is 0 Å². The number of ether oxygens (including phenoxy) is 1. The highest BCUT2D eigenvalue weighted by Gasteiger charge is 2.26. The zero-order chi connectivity index (χ0) is 25.2. The van der Waals surface area contributed by atoms with E-state index >= 15 is 0 Å². The molecular formula is C24H30N6O5. The third-order valence-corrected chi connectivity index (χ3v) is 5.52. The summed E-state index contributed by atoms with van der Waals surface area (Å²) in [7, 11) is 1.62. The van der Waals surface area contributed by atoms with Crippen molar-refractivity contribution >= 4 is 23.6 Å². The van der Waals surface area contributed by atoms with E-state index in [1.165, 1.54) is 4.90 Å². The van der Waals surface area contributed by atoms with Crippen LogP contribution in [-0.2, 0) is 20.8 Å². The lowest BCUT2D eigenvalue weighted by Crippen LogP contribution is -2.49. The minimum atomic E-state index is -0.970. The molecule has 11 heteroatoms. The van der Waals surface area contributed by atoms with Gasteiger partial charge < -0.3 is 25.6 Å². The summed E-state index contributed by atoms with van der Waals surface area (Å²) in [4.78, 5) is 60.6. The van der Waals surface area contributed by atoms with Gasteiger partial charge in [-0.15, -0.1) is 0 Å². The summed E-state index contributed by atoms with van der Waals surface area (Å²) < 4.78 is 5.76. The Morgan fingerprint density at radius 1 is 1.20 bits per heavy atom. The number of hydrogen-bond acceptors (Lipinski definition) is 7. The van der Waals surface area contributed by atoms with E-state index in [2.05, 4.69) is 25.9 Å². The number of benzene rings is 1. The van der Waals surface area contributed by atoms with Crippen LogP contribution >= 0.6 is 0 Å². The molecule has 1 aliphatic heterocycles. The third-order valence-electron chi connectivity index (χ3n) is 5.52. The van der Waals surface area contributed by atoms with Gasteiger partial charge in [-0.2, -0.15) is 0 Å². The van der Waals surface area contributed by atoms with Crippen LogP contribution in [0.2, 0.25) is 0 Å². The molecule has 0 fully saturated rings. The summed E-state index contributed by atoms with van der Waals surface area (Å²) in [5.74, 6) is -1.25. The predicted molar refractivity (Wildman–Crippen MR) is 126 cm³/mol. The van der Waals surface area contributed by atoms with E-state index in [1.807, 2.05) is 0 Å². The molecule has 0 saturated heterocycles. The number of likely N-dealkylation sites (N-methyl/N-ethyl adjacent to an activating group) is 1. The summed E-state index contributed by atoms with van der Waals surface area (Å²) in [5.41, 5.74) is 0.972. The van der Waals surface area contributed by atoms with Crippen molar-refractivity contribution in [2.24, 2.45) is 0 Å². The molecule has 0 saturated carbocycles. The second-order valence-electron chi connectivity index (χ2n) is 8.20. The summed E-state index contributed by atoms with van der Waals surface area (Å²) in [5, 5.41) is 8.16. The van der Waals surface area contributed by atoms with E-state index in [9.17, 15) is 19.2 Å². The molecule has 0 bridgehead atoms. The molecule has 4 amide bonds. The largest absolute Gasteiger partial charge is 0.491 e. The van der Waals surface area contributed by atoms with E-state index in [-0.39, 0.29) is 44.0 Å². The van der Waals surface area contributed by atoms with Crippen molar-refractivity contribution in [3.05, 3.63) is 54.1 Å². The molecule has 0 aliphatic carbocycles. The molecule has 11 nitrogen and oxygen atoms in total. The van der Waals surface area contributed by atoms with Crippen molar-refractivity contribution in [1.29, 1.82) is 0 Å². The second-order valence-corrected chi connectivity index (χ2v) is 8.20. The fraction of sp³-hybridized carbons (Fsp3) is 0.417. The maximum atomic E-state index is 13.0. The molecule has 0 unspecified atom stereocenters. The first kappa shape index (κ1) is 25.6. The molecule has 0 radical (unpaired) electrons. The number of carbonyl (C=O) groups is 4. The average molecular weight is 483 g/mol. The number of hydrogen-bond donors (Lipinski definition) is 3. The number of aromatic nitrogens is 2. The SMILES string of the molecule is C[C@@H]1NC(=O)CC[C@@H](C(=O)NCCc2cnccn2)NC(=O)c2ccccc2OCCN(C)C1=O. The smallest absolute Gasteiger partial charge is 0.255 e. The van der Waals surface area contributed by atoms with Crippen molar-refractivity contribution < 1.29 is 23.9 Å². The van der Waals surface area contributed by atoms with Gasteiger partial charge in [0.15, 0.2) is 0 Å². The van der Waals surface area contributed by atoms with E-state index in [1.54, 1.807) is 56.8 Å². The number of nitrogens with zero attached hydrogens (tertiary/aromatic N) is 3. The Bertz CT molecular complexity index is 1050. The molecule has 2 atom stereocenters. The quantitative estimate of drug-likeness (QED) is 0.560. The molecule has 1 aromatic heterocycles. The van der Waals surface area contributed by atoms with Gasteiger partial charge in [0.05, 0.1) is 17.8 Å². The van der Waals surface area contributed by atoms with Gasteiger partial charge >= 0.3 is 0 Å². The Balaban J connectivity index is 1.75. The van der Waals surface area contributed by atoms with Crippen LogP contribution in [0.25, 0.3) is 0 Å². The monoisotopic (exact) mass is 482 g/mol. The summed E-state index contributed by atoms with van der Waals surface area (Å²) in [6.45, 7) is 2.31. The first-order chi connectivity index (χ1) is 16.8. The molecule has 3 rings (SSSR count). The van der Waals surface area contributed by atoms with Crippen LogP contribution in [0.5, 0.6) is 5.75 Å². The standard InChI is InChI=1S/C24H30N6O5/c1-16-24(34)30(2)13-14-35-20-6-4-3-5-18(20)22(32)29-19(7-8-21(31)28-16)23(33)27-10-9-17-15-25-11-12-26-17/h3-6,11-12,15-16,19H,7-10,13-14H2,1-2H3,(H,27,33)(H,28,31)(H,29,32)/t16-,19-/m0/s1. The average Bonchev–Trinajstić information content (AvgIpc) is 2.86. The Morgan fingerprint density at radius 3 is 2.77 bits per heavy atom. The Labute approximate surface area is 203 Å². The fourth-order valence-electron chi connectivity index (χ4n) is 3.57. The number of fused-ring (bicyclic) bond motifs is 1. The first-order valence-corrected chi connectivity index (χ1v) is 11.4. The zero-order valence-corrected chi connectivity index (χ0v) is 19.8. The molecule has 186 valence electrons. The normalized spacial score (nSPS) is 19.8. The van der Waals surface area contributed by atoms with E-state index in [0.717, 1.165) is 0 Å². The topological polar surface area (TPSA) is 143 Å². The second kappa shape index (κ2) is 12.4. The predicted octanol–water partition coefficient (Wildman–Crippen LogP) is 0.0696. The molecule has 2 heterocycles. The highest BCUT2D eigenvalue weighted by molar-refractivity contribution is 5.99. The van der Waals surface area contributed by atoms with Gasteiger partial charge in [-0.3, -0.25) is 29.1 Å². The zero-order valence-electron chi connectivity index (χ0n) is 19.8. The molecular weight excluding hydrogens is 452 g/mol. The van der Waals surface area contributed by atoms with Crippen LogP contribution in [0.4, 0.5) is 0 Å². The van der Waals surface area contributed by atoms with Crippen molar-refractivity contribution in [2.75, 3.05) is 26.7 Å². The summed E-state index contributed by atoms with van der Waals surface area (Å²) in [6.07, 6.45) is 5.20. The van der Waals surface area contributed by atoms with Gasteiger partial charge in [0, 0.05) is 45.0 Å². The van der Waals surface area contributed by atoms with Crippen LogP contribution in [0.1, 0.15) is 35.8 Å². The molecule has 35 heavy (non-hydrogen) atoms. The van der Waals surface area contributed by atoms with Crippen molar-refractivity contribution in [3.8, 4) is 5.75 Å². The van der Waals surface area contributed by atoms with Crippen LogP contribution in [0, 0.1) is 0 Å². The summed E-state index contributed by atoms with van der Waals surface area (Å²) in [6, 6.07) is 4.96. The van der Waals surface area contributed by atoms with Crippen LogP contribution in [0.15, 0.2) is 42.9 Å². The van der Waals surface area contributed by atoms with Gasteiger partial charge in [-0.1, -0.05) is 12.1 Å². The van der Waals surface area contributed by atoms with E-state index < -0.39 is 29.8 Å². The highest BCUT2D eigenvalue weighted by atomic mass is 16.5. The number of amides is 4. The summed E-state index contributed by atoms with van der Waals surface area (Å²) >= 11 is 0. The van der Waals surface area contributed by atoms with Gasteiger partial charge in [0.25, 0.3) is 5.91 Å². The lowest BCUT2D eigenvalue weighted by molar-refractivity contribution is -0.135. The van der Waals surface area contributed by atoms with Crippen LogP contribution in [-0.4, -0.2) is 77.3 Å². The lowest BCUT2D eigenvalue weighted by atomic mass is 10.1. The molecule has 2 aromatic rings. The van der Waals surface area contributed by atoms with Crippen molar-refractivity contribution in [2.45, 2.75) is 38.3 Å². The lowest BCUT2D eigenvalue weighted by Gasteiger charge is -2.22. The Kier molecular flexibility index (Phi) is 9.10. The molecule has 0 spiro atoms. The first-order valence-electron chi connectivity index (χ1n) is 11.4. The van der Waals surface area contributed by atoms with E-state index in [4.69, 9.17) is 4.74 Å². The van der Waals surface area contributed by atoms with Gasteiger partial charge in [0.1, 0.15) is 24.4 Å². The third kappa shape index (κ3) is 7.49. The number of rotatable bonds is 4. The molecule has 1 aromatic carbocycles. The Hall–Kier alpha value is -4.02. The van der Waals surface area contributed by atoms with Crippen molar-refractivity contribution in [3.63, 3.8) is 0 Å². The molecule has 1 aliphatic rings. The fourth-order valence-corrected chi connectivity index (χ4v) is 3.57.